The van der Waals surface area contributed by atoms with Crippen LogP contribution in [0.4, 0.5) is 13.2 Å². The topological polar surface area (TPSA) is 42.4 Å². The quantitative estimate of drug-likeness (QED) is 0.910. The lowest BCUT2D eigenvalue weighted by Gasteiger charge is -2.42. The number of thiazole rings is 1. The van der Waals surface area contributed by atoms with Crippen molar-refractivity contribution in [3.63, 3.8) is 0 Å². The van der Waals surface area contributed by atoms with E-state index in [1.807, 2.05) is 13.8 Å². The number of ether oxygens (including phenoxy) is 1. The predicted octanol–water partition coefficient (Wildman–Crippen LogP) is 3.33. The van der Waals surface area contributed by atoms with Crippen LogP contribution in [-0.2, 0) is 16.5 Å². The number of aromatic nitrogens is 1. The number of hydrogen-bond donors (Lipinski definition) is 1. The van der Waals surface area contributed by atoms with Crippen LogP contribution in [0.2, 0.25) is 0 Å². The van der Waals surface area contributed by atoms with Crippen molar-refractivity contribution in [2.24, 2.45) is 0 Å². The molecule has 1 saturated heterocycles. The summed E-state index contributed by atoms with van der Waals surface area (Å²) >= 11 is 0.515. The van der Waals surface area contributed by atoms with Crippen molar-refractivity contribution in [3.05, 3.63) is 16.1 Å². The third kappa shape index (κ3) is 2.93. The van der Waals surface area contributed by atoms with Crippen LogP contribution in [0.3, 0.4) is 0 Å². The lowest BCUT2D eigenvalue weighted by Crippen LogP contribution is -2.45. The smallest absolute Gasteiger partial charge is 0.384 e. The summed E-state index contributed by atoms with van der Waals surface area (Å²) in [6.45, 7) is 4.13. The van der Waals surface area contributed by atoms with Gasteiger partial charge < -0.3 is 9.84 Å². The van der Waals surface area contributed by atoms with Crippen LogP contribution in [0.1, 0.15) is 43.0 Å². The summed E-state index contributed by atoms with van der Waals surface area (Å²) in [5, 5.41) is 9.70. The van der Waals surface area contributed by atoms with E-state index in [0.717, 1.165) is 6.20 Å². The molecule has 2 atom stereocenters. The van der Waals surface area contributed by atoms with E-state index in [1.165, 1.54) is 0 Å². The Bertz CT molecular complexity index is 462. The van der Waals surface area contributed by atoms with Gasteiger partial charge >= 0.3 is 6.18 Å². The van der Waals surface area contributed by atoms with Crippen LogP contribution in [0, 0.1) is 0 Å². The number of rotatable bonds is 2. The van der Waals surface area contributed by atoms with E-state index >= 15 is 0 Å². The number of nitrogens with zero attached hydrogens (tertiary/aromatic N) is 1. The Morgan fingerprint density at radius 3 is 2.74 bits per heavy atom. The summed E-state index contributed by atoms with van der Waals surface area (Å²) in [5.41, 5.74) is -1.78. The Hall–Kier alpha value is -0.660. The molecule has 7 heteroatoms. The van der Waals surface area contributed by atoms with Gasteiger partial charge in [0, 0.05) is 19.0 Å². The highest BCUT2D eigenvalue weighted by atomic mass is 32.1. The van der Waals surface area contributed by atoms with Crippen molar-refractivity contribution in [2.75, 3.05) is 6.61 Å². The van der Waals surface area contributed by atoms with E-state index in [2.05, 4.69) is 4.98 Å². The Morgan fingerprint density at radius 2 is 2.21 bits per heavy atom. The summed E-state index contributed by atoms with van der Waals surface area (Å²) in [4.78, 5) is 3.64. The molecule has 1 fully saturated rings. The zero-order valence-electron chi connectivity index (χ0n) is 10.8. The van der Waals surface area contributed by atoms with Gasteiger partial charge in [-0.15, -0.1) is 11.3 Å². The first-order chi connectivity index (χ1) is 8.69. The number of halogens is 3. The highest BCUT2D eigenvalue weighted by Gasteiger charge is 2.45. The molecule has 3 nitrogen and oxygen atoms in total. The fourth-order valence-corrected chi connectivity index (χ4v) is 3.18. The first kappa shape index (κ1) is 14.7. The van der Waals surface area contributed by atoms with Gasteiger partial charge in [-0.3, -0.25) is 0 Å². The Kier molecular flexibility index (Phi) is 3.66. The molecule has 0 radical (unpaired) electrons. The van der Waals surface area contributed by atoms with Gasteiger partial charge in [0.05, 0.1) is 17.1 Å². The minimum atomic E-state index is -4.46. The van der Waals surface area contributed by atoms with Gasteiger partial charge in [0.15, 0.2) is 5.01 Å². The van der Waals surface area contributed by atoms with Gasteiger partial charge in [0.1, 0.15) is 5.60 Å². The fourth-order valence-electron chi connectivity index (χ4n) is 2.28. The minimum absolute atomic E-state index is 0.266. The van der Waals surface area contributed by atoms with E-state index in [4.69, 9.17) is 4.74 Å². The van der Waals surface area contributed by atoms with Crippen molar-refractivity contribution in [2.45, 2.75) is 50.5 Å². The molecular weight excluding hydrogens is 279 g/mol. The maximum absolute atomic E-state index is 12.6. The molecule has 0 spiro atoms. The molecule has 1 aromatic rings. The van der Waals surface area contributed by atoms with Crippen molar-refractivity contribution >= 4 is 11.3 Å². The molecule has 0 bridgehead atoms. The van der Waals surface area contributed by atoms with E-state index in [0.29, 0.717) is 30.8 Å². The summed E-state index contributed by atoms with van der Waals surface area (Å²) in [7, 11) is 0. The predicted molar refractivity (Wildman–Crippen MR) is 64.9 cm³/mol. The van der Waals surface area contributed by atoms with Crippen LogP contribution in [0.25, 0.3) is 0 Å². The van der Waals surface area contributed by atoms with Gasteiger partial charge in [-0.2, -0.15) is 13.2 Å². The van der Waals surface area contributed by atoms with Crippen molar-refractivity contribution in [1.82, 2.24) is 4.98 Å². The Balaban J connectivity index is 2.27. The van der Waals surface area contributed by atoms with E-state index < -0.39 is 22.4 Å². The maximum Gasteiger partial charge on any atom is 0.443 e. The normalized spacial score (nSPS) is 32.5. The van der Waals surface area contributed by atoms with Gasteiger partial charge in [0.2, 0.25) is 0 Å². The van der Waals surface area contributed by atoms with Crippen LogP contribution >= 0.6 is 11.3 Å². The monoisotopic (exact) mass is 295 g/mol. The largest absolute Gasteiger partial charge is 0.443 e. The van der Waals surface area contributed by atoms with E-state index in [-0.39, 0.29) is 11.3 Å². The minimum Gasteiger partial charge on any atom is -0.384 e. The van der Waals surface area contributed by atoms with Gasteiger partial charge in [-0.25, -0.2) is 4.98 Å². The number of hydrogen-bond acceptors (Lipinski definition) is 4. The molecule has 19 heavy (non-hydrogen) atoms. The second-order valence-corrected chi connectivity index (χ2v) is 6.17. The first-order valence-corrected chi connectivity index (χ1v) is 6.90. The third-order valence-electron chi connectivity index (χ3n) is 3.59. The molecule has 0 aromatic carbocycles. The molecule has 108 valence electrons. The van der Waals surface area contributed by atoms with E-state index in [1.54, 1.807) is 0 Å². The van der Waals surface area contributed by atoms with Crippen LogP contribution in [0.5, 0.6) is 0 Å². The van der Waals surface area contributed by atoms with Gasteiger partial charge in [0.25, 0.3) is 0 Å². The molecule has 1 aliphatic rings. The molecule has 0 saturated carbocycles. The Morgan fingerprint density at radius 1 is 1.53 bits per heavy atom. The van der Waals surface area contributed by atoms with Gasteiger partial charge in [-0.1, -0.05) is 6.92 Å². The highest BCUT2D eigenvalue weighted by molar-refractivity contribution is 7.11. The summed E-state index contributed by atoms with van der Waals surface area (Å²) in [6, 6.07) is 0. The molecule has 1 N–H and O–H groups in total. The molecule has 0 amide bonds. The van der Waals surface area contributed by atoms with Gasteiger partial charge in [-0.05, 0) is 13.3 Å². The average molecular weight is 295 g/mol. The first-order valence-electron chi connectivity index (χ1n) is 6.08. The molecule has 0 aliphatic carbocycles. The van der Waals surface area contributed by atoms with Crippen LogP contribution < -0.4 is 0 Å². The highest BCUT2D eigenvalue weighted by Crippen LogP contribution is 2.44. The lowest BCUT2D eigenvalue weighted by atomic mass is 9.81. The zero-order valence-corrected chi connectivity index (χ0v) is 11.6. The van der Waals surface area contributed by atoms with Crippen molar-refractivity contribution < 1.29 is 23.0 Å². The molecule has 1 aromatic heterocycles. The maximum atomic E-state index is 12.6. The summed E-state index contributed by atoms with van der Waals surface area (Å²) in [5.74, 6) is 0. The fraction of sp³-hybridized carbons (Fsp3) is 0.750. The zero-order chi connectivity index (χ0) is 14.3. The van der Waals surface area contributed by atoms with E-state index in [9.17, 15) is 18.3 Å². The summed E-state index contributed by atoms with van der Waals surface area (Å²) < 4.78 is 43.3. The van der Waals surface area contributed by atoms with Crippen molar-refractivity contribution in [3.8, 4) is 0 Å². The lowest BCUT2D eigenvalue weighted by molar-refractivity contribution is -0.156. The number of alkyl halides is 3. The second kappa shape index (κ2) is 4.71. The van der Waals surface area contributed by atoms with Crippen molar-refractivity contribution in [1.29, 1.82) is 0 Å². The number of aliphatic hydroxyl groups is 1. The molecule has 2 heterocycles. The van der Waals surface area contributed by atoms with Crippen LogP contribution in [0.15, 0.2) is 6.20 Å². The summed E-state index contributed by atoms with van der Waals surface area (Å²) in [6.07, 6.45) is -2.05. The van der Waals surface area contributed by atoms with Crippen LogP contribution in [-0.4, -0.2) is 22.3 Å². The SMILES string of the molecule is CCC1(C)CC(O)(c2cnc(C(F)(F)F)s2)CCO1. The molecule has 2 unspecified atom stereocenters. The molecule has 1 aliphatic heterocycles. The second-order valence-electron chi connectivity index (χ2n) is 5.14. The molecular formula is C12H16F3NO2S. The Labute approximate surface area is 113 Å². The standard InChI is InChI=1S/C12H16F3NO2S/c1-3-10(2)7-11(17,4-5-18-10)8-6-16-9(19-8)12(13,14)15/h6,17H,3-5,7H2,1-2H3. The molecule has 2 rings (SSSR count). The third-order valence-corrected chi connectivity index (χ3v) is 4.82. The average Bonchev–Trinajstić information content (AvgIpc) is 2.78.